The molecule has 2 rings (SSSR count). The van der Waals surface area contributed by atoms with E-state index in [1.165, 1.54) is 32.1 Å². The molecule has 0 saturated heterocycles. The van der Waals surface area contributed by atoms with Crippen molar-refractivity contribution in [2.24, 2.45) is 11.7 Å². The van der Waals surface area contributed by atoms with Gasteiger partial charge in [-0.05, 0) is 38.1 Å². The van der Waals surface area contributed by atoms with Crippen LogP contribution in [0.3, 0.4) is 0 Å². The average molecular weight is 251 g/mol. The molecule has 1 unspecified atom stereocenters. The fraction of sp³-hybridized carbons (Fsp3) is 0.857. The average Bonchev–Trinajstić information content (AvgIpc) is 2.87. The van der Waals surface area contributed by atoms with Crippen LogP contribution >= 0.6 is 0 Å². The van der Waals surface area contributed by atoms with Gasteiger partial charge in [0.15, 0.2) is 5.82 Å². The van der Waals surface area contributed by atoms with E-state index in [-0.39, 0.29) is 0 Å². The molecule has 2 N–H and O–H groups in total. The van der Waals surface area contributed by atoms with Crippen LogP contribution < -0.4 is 5.73 Å². The highest BCUT2D eigenvalue weighted by atomic mass is 16.5. The van der Waals surface area contributed by atoms with Crippen LogP contribution in [0, 0.1) is 5.92 Å². The van der Waals surface area contributed by atoms with E-state index in [1.54, 1.807) is 0 Å². The Hall–Kier alpha value is -0.900. The van der Waals surface area contributed by atoms with Crippen molar-refractivity contribution in [3.05, 3.63) is 11.7 Å². The highest BCUT2D eigenvalue weighted by Crippen LogP contribution is 2.30. The number of nitrogens with two attached hydrogens (primary N) is 1. The van der Waals surface area contributed by atoms with Crippen molar-refractivity contribution in [2.75, 3.05) is 6.54 Å². The Kier molecular flexibility index (Phi) is 5.17. The standard InChI is InChI=1S/C14H25N3O/c1-11(9-10-15)7-8-13-16-14(17-18-13)12-5-3-2-4-6-12/h11-12H,2-10,15H2,1H3. The highest BCUT2D eigenvalue weighted by molar-refractivity contribution is 4.97. The van der Waals surface area contributed by atoms with Crippen LogP contribution in [0.1, 0.15) is 69.5 Å². The second-order valence-corrected chi connectivity index (χ2v) is 5.60. The van der Waals surface area contributed by atoms with Gasteiger partial charge >= 0.3 is 0 Å². The lowest BCUT2D eigenvalue weighted by atomic mass is 9.89. The molecule has 1 saturated carbocycles. The molecule has 0 amide bonds. The van der Waals surface area contributed by atoms with E-state index >= 15 is 0 Å². The molecular weight excluding hydrogens is 226 g/mol. The molecule has 0 spiro atoms. The second-order valence-electron chi connectivity index (χ2n) is 5.60. The maximum absolute atomic E-state index is 5.55. The Morgan fingerprint density at radius 2 is 2.06 bits per heavy atom. The molecule has 1 aliphatic rings. The maximum Gasteiger partial charge on any atom is 0.226 e. The van der Waals surface area contributed by atoms with E-state index in [0.717, 1.165) is 37.5 Å². The predicted octanol–water partition coefficient (Wildman–Crippen LogP) is 3.03. The molecule has 4 nitrogen and oxygen atoms in total. The van der Waals surface area contributed by atoms with Gasteiger partial charge in [0.25, 0.3) is 0 Å². The fourth-order valence-corrected chi connectivity index (χ4v) is 2.69. The third-order valence-electron chi connectivity index (χ3n) is 3.96. The molecule has 1 fully saturated rings. The van der Waals surface area contributed by atoms with Crippen LogP contribution in [0.4, 0.5) is 0 Å². The summed E-state index contributed by atoms with van der Waals surface area (Å²) >= 11 is 0. The summed E-state index contributed by atoms with van der Waals surface area (Å²) in [6.07, 6.45) is 9.47. The first-order valence-corrected chi connectivity index (χ1v) is 7.32. The molecule has 1 atom stereocenters. The number of aromatic nitrogens is 2. The predicted molar refractivity (Wildman–Crippen MR) is 71.3 cm³/mol. The van der Waals surface area contributed by atoms with Crippen LogP contribution in [-0.2, 0) is 6.42 Å². The van der Waals surface area contributed by atoms with Gasteiger partial charge < -0.3 is 10.3 Å². The van der Waals surface area contributed by atoms with Gasteiger partial charge in [-0.3, -0.25) is 0 Å². The largest absolute Gasteiger partial charge is 0.339 e. The topological polar surface area (TPSA) is 64.9 Å². The number of hydrogen-bond acceptors (Lipinski definition) is 4. The van der Waals surface area contributed by atoms with Crippen LogP contribution in [-0.4, -0.2) is 16.7 Å². The Morgan fingerprint density at radius 3 is 2.78 bits per heavy atom. The normalized spacial score (nSPS) is 19.0. The molecule has 1 heterocycles. The number of hydrogen-bond donors (Lipinski definition) is 1. The van der Waals surface area contributed by atoms with E-state index < -0.39 is 0 Å². The van der Waals surface area contributed by atoms with E-state index in [4.69, 9.17) is 10.3 Å². The van der Waals surface area contributed by atoms with Crippen molar-refractivity contribution in [3.63, 3.8) is 0 Å². The zero-order valence-corrected chi connectivity index (χ0v) is 11.4. The van der Waals surface area contributed by atoms with Crippen molar-refractivity contribution < 1.29 is 4.52 Å². The number of aryl methyl sites for hydroxylation is 1. The molecule has 1 aromatic rings. The smallest absolute Gasteiger partial charge is 0.226 e. The fourth-order valence-electron chi connectivity index (χ4n) is 2.69. The molecule has 0 bridgehead atoms. The summed E-state index contributed by atoms with van der Waals surface area (Å²) in [5, 5.41) is 4.15. The van der Waals surface area contributed by atoms with Crippen molar-refractivity contribution in [2.45, 2.75) is 64.2 Å². The van der Waals surface area contributed by atoms with Gasteiger partial charge in [0, 0.05) is 12.3 Å². The Morgan fingerprint density at radius 1 is 1.28 bits per heavy atom. The molecule has 18 heavy (non-hydrogen) atoms. The SMILES string of the molecule is CC(CCN)CCc1nc(C2CCCCC2)no1. The number of nitrogens with zero attached hydrogens (tertiary/aromatic N) is 2. The van der Waals surface area contributed by atoms with E-state index in [0.29, 0.717) is 11.8 Å². The van der Waals surface area contributed by atoms with Gasteiger partial charge in [-0.15, -0.1) is 0 Å². The quantitative estimate of drug-likeness (QED) is 0.844. The van der Waals surface area contributed by atoms with Crippen molar-refractivity contribution in [1.82, 2.24) is 10.1 Å². The molecule has 1 aromatic heterocycles. The zero-order valence-electron chi connectivity index (χ0n) is 11.4. The molecule has 102 valence electrons. The third kappa shape index (κ3) is 3.80. The lowest BCUT2D eigenvalue weighted by Crippen LogP contribution is -2.07. The lowest BCUT2D eigenvalue weighted by molar-refractivity contribution is 0.348. The lowest BCUT2D eigenvalue weighted by Gasteiger charge is -2.17. The summed E-state index contributed by atoms with van der Waals surface area (Å²) in [5.74, 6) is 2.92. The van der Waals surface area contributed by atoms with Gasteiger partial charge in [-0.25, -0.2) is 0 Å². The molecule has 0 aliphatic heterocycles. The minimum atomic E-state index is 0.540. The Bertz CT molecular complexity index is 345. The first-order chi connectivity index (χ1) is 8.79. The van der Waals surface area contributed by atoms with Gasteiger partial charge in [-0.1, -0.05) is 31.3 Å². The summed E-state index contributed by atoms with van der Waals surface area (Å²) in [6.45, 7) is 2.99. The highest BCUT2D eigenvalue weighted by Gasteiger charge is 2.20. The summed E-state index contributed by atoms with van der Waals surface area (Å²) in [7, 11) is 0. The second kappa shape index (κ2) is 6.88. The Labute approximate surface area is 109 Å². The summed E-state index contributed by atoms with van der Waals surface area (Å²) in [4.78, 5) is 4.56. The monoisotopic (exact) mass is 251 g/mol. The van der Waals surface area contributed by atoms with Crippen LogP contribution in [0.15, 0.2) is 4.52 Å². The summed E-state index contributed by atoms with van der Waals surface area (Å²) < 4.78 is 5.35. The molecule has 0 aromatic carbocycles. The van der Waals surface area contributed by atoms with Crippen molar-refractivity contribution in [3.8, 4) is 0 Å². The first-order valence-electron chi connectivity index (χ1n) is 7.32. The van der Waals surface area contributed by atoms with Gasteiger partial charge in [0.05, 0.1) is 0 Å². The molecular formula is C14H25N3O. The minimum absolute atomic E-state index is 0.540. The van der Waals surface area contributed by atoms with Gasteiger partial charge in [-0.2, -0.15) is 4.98 Å². The molecule has 4 heteroatoms. The van der Waals surface area contributed by atoms with Crippen LogP contribution in [0.2, 0.25) is 0 Å². The van der Waals surface area contributed by atoms with Crippen molar-refractivity contribution in [1.29, 1.82) is 0 Å². The number of rotatable bonds is 6. The maximum atomic E-state index is 5.55. The summed E-state index contributed by atoms with van der Waals surface area (Å²) in [6, 6.07) is 0. The summed E-state index contributed by atoms with van der Waals surface area (Å²) in [5.41, 5.74) is 5.55. The van der Waals surface area contributed by atoms with Gasteiger partial charge in [0.1, 0.15) is 0 Å². The van der Waals surface area contributed by atoms with Crippen molar-refractivity contribution >= 4 is 0 Å². The zero-order chi connectivity index (χ0) is 12.8. The molecule has 0 radical (unpaired) electrons. The Balaban J connectivity index is 1.82. The van der Waals surface area contributed by atoms with Crippen LogP contribution in [0.5, 0.6) is 0 Å². The third-order valence-corrected chi connectivity index (χ3v) is 3.96. The van der Waals surface area contributed by atoms with Gasteiger partial charge in [0.2, 0.25) is 5.89 Å². The van der Waals surface area contributed by atoms with Crippen LogP contribution in [0.25, 0.3) is 0 Å². The minimum Gasteiger partial charge on any atom is -0.339 e. The van der Waals surface area contributed by atoms with E-state index in [1.807, 2.05) is 0 Å². The van der Waals surface area contributed by atoms with E-state index in [2.05, 4.69) is 17.1 Å². The first kappa shape index (κ1) is 13.5. The van der Waals surface area contributed by atoms with E-state index in [9.17, 15) is 0 Å². The molecule has 1 aliphatic carbocycles.